The zero-order chi connectivity index (χ0) is 14.1. The number of benzene rings is 2. The minimum absolute atomic E-state index is 0.0655. The first-order valence-corrected chi connectivity index (χ1v) is 8.22. The quantitative estimate of drug-likeness (QED) is 0.662. The molecule has 0 amide bonds. The standard InChI is InChI=1S/C17H15NOSe/c1-12-7-6-10-15-17(12)16(11-18(15)13(2)19)20-14-8-4-3-5-9-14/h3-11H,1-2H3. The summed E-state index contributed by atoms with van der Waals surface area (Å²) in [5.41, 5.74) is 2.25. The molecule has 20 heavy (non-hydrogen) atoms. The van der Waals surface area contributed by atoms with Crippen LogP contribution in [-0.2, 0) is 0 Å². The number of hydrogen-bond acceptors (Lipinski definition) is 1. The molecule has 3 rings (SSSR count). The molecule has 0 spiro atoms. The van der Waals surface area contributed by atoms with Crippen LogP contribution in [-0.4, -0.2) is 25.4 Å². The van der Waals surface area contributed by atoms with Crippen LogP contribution in [0.4, 0.5) is 0 Å². The number of carbonyl (C=O) groups is 1. The molecule has 0 saturated heterocycles. The summed E-state index contributed by atoms with van der Waals surface area (Å²) in [5.74, 6) is 0.0655. The summed E-state index contributed by atoms with van der Waals surface area (Å²) in [6, 6.07) is 16.6. The van der Waals surface area contributed by atoms with Crippen molar-refractivity contribution in [2.75, 3.05) is 0 Å². The molecule has 3 heteroatoms. The van der Waals surface area contributed by atoms with Gasteiger partial charge in [0.15, 0.2) is 0 Å². The van der Waals surface area contributed by atoms with Crippen molar-refractivity contribution >= 4 is 40.7 Å². The number of carbonyl (C=O) groups excluding carboxylic acids is 1. The molecule has 0 radical (unpaired) electrons. The summed E-state index contributed by atoms with van der Waals surface area (Å²) < 4.78 is 4.36. The first kappa shape index (κ1) is 13.2. The number of rotatable bonds is 2. The van der Waals surface area contributed by atoms with E-state index in [1.165, 1.54) is 19.9 Å². The number of fused-ring (bicyclic) bond motifs is 1. The molecule has 1 heterocycles. The molecule has 1 aromatic heterocycles. The molecule has 0 fully saturated rings. The van der Waals surface area contributed by atoms with Gasteiger partial charge >= 0.3 is 124 Å². The molecule has 0 aliphatic heterocycles. The third-order valence-electron chi connectivity index (χ3n) is 3.31. The van der Waals surface area contributed by atoms with Crippen molar-refractivity contribution in [3.63, 3.8) is 0 Å². The summed E-state index contributed by atoms with van der Waals surface area (Å²) in [6.07, 6.45) is 2.01. The normalized spacial score (nSPS) is 10.9. The van der Waals surface area contributed by atoms with E-state index in [-0.39, 0.29) is 20.9 Å². The summed E-state index contributed by atoms with van der Waals surface area (Å²) in [6.45, 7) is 3.72. The van der Waals surface area contributed by atoms with Gasteiger partial charge in [-0.15, -0.1) is 0 Å². The zero-order valence-corrected chi connectivity index (χ0v) is 13.2. The number of hydrogen-bond donors (Lipinski definition) is 0. The number of nitrogens with zero attached hydrogens (tertiary/aromatic N) is 1. The van der Waals surface area contributed by atoms with Crippen molar-refractivity contribution < 1.29 is 4.79 Å². The van der Waals surface area contributed by atoms with Gasteiger partial charge in [0.25, 0.3) is 0 Å². The molecule has 2 aromatic carbocycles. The van der Waals surface area contributed by atoms with Crippen LogP contribution in [0, 0.1) is 6.92 Å². The van der Waals surface area contributed by atoms with Crippen LogP contribution in [0.1, 0.15) is 17.3 Å². The van der Waals surface area contributed by atoms with Crippen molar-refractivity contribution in [3.8, 4) is 0 Å². The van der Waals surface area contributed by atoms with Crippen LogP contribution in [0.5, 0.6) is 0 Å². The second-order valence-electron chi connectivity index (χ2n) is 4.77. The average Bonchev–Trinajstić information content (AvgIpc) is 2.80. The summed E-state index contributed by atoms with van der Waals surface area (Å²) >= 11 is 0.215. The van der Waals surface area contributed by atoms with Gasteiger partial charge in [0.05, 0.1) is 0 Å². The van der Waals surface area contributed by atoms with E-state index in [0.717, 1.165) is 5.52 Å². The van der Waals surface area contributed by atoms with Gasteiger partial charge in [-0.1, -0.05) is 0 Å². The van der Waals surface area contributed by atoms with Crippen molar-refractivity contribution in [1.82, 2.24) is 4.57 Å². The Hall–Kier alpha value is -1.83. The Morgan fingerprint density at radius 3 is 2.50 bits per heavy atom. The molecular formula is C17H15NOSe. The van der Waals surface area contributed by atoms with Gasteiger partial charge in [0, 0.05) is 0 Å². The molecule has 0 atom stereocenters. The Labute approximate surface area is 124 Å². The third kappa shape index (κ3) is 2.31. The van der Waals surface area contributed by atoms with Crippen LogP contribution >= 0.6 is 0 Å². The van der Waals surface area contributed by atoms with Gasteiger partial charge in [0.2, 0.25) is 0 Å². The Morgan fingerprint density at radius 1 is 1.05 bits per heavy atom. The summed E-state index contributed by atoms with van der Waals surface area (Å²) in [5, 5.41) is 1.23. The van der Waals surface area contributed by atoms with E-state index in [1.807, 2.05) is 24.4 Å². The van der Waals surface area contributed by atoms with Gasteiger partial charge in [-0.05, 0) is 0 Å². The predicted molar refractivity (Wildman–Crippen MR) is 84.4 cm³/mol. The second kappa shape index (κ2) is 5.28. The fourth-order valence-corrected chi connectivity index (χ4v) is 4.63. The first-order valence-electron chi connectivity index (χ1n) is 6.51. The fourth-order valence-electron chi connectivity index (χ4n) is 2.38. The van der Waals surface area contributed by atoms with Gasteiger partial charge < -0.3 is 0 Å². The molecule has 0 aliphatic rings. The Morgan fingerprint density at radius 2 is 1.80 bits per heavy atom. The van der Waals surface area contributed by atoms with E-state index in [1.54, 1.807) is 11.5 Å². The van der Waals surface area contributed by atoms with Crippen LogP contribution in [0.3, 0.4) is 0 Å². The van der Waals surface area contributed by atoms with Crippen molar-refractivity contribution in [3.05, 3.63) is 60.3 Å². The molecule has 3 aromatic rings. The van der Waals surface area contributed by atoms with Crippen molar-refractivity contribution in [1.29, 1.82) is 0 Å². The van der Waals surface area contributed by atoms with E-state index in [9.17, 15) is 4.79 Å². The van der Waals surface area contributed by atoms with Crippen LogP contribution in [0.2, 0.25) is 0 Å². The molecule has 2 nitrogen and oxygen atoms in total. The maximum absolute atomic E-state index is 11.8. The summed E-state index contributed by atoms with van der Waals surface area (Å²) in [4.78, 5) is 11.8. The second-order valence-corrected chi connectivity index (χ2v) is 7.11. The predicted octanol–water partition coefficient (Wildman–Crippen LogP) is 2.26. The van der Waals surface area contributed by atoms with Crippen LogP contribution < -0.4 is 8.92 Å². The molecule has 0 saturated carbocycles. The Balaban J connectivity index is 2.18. The topological polar surface area (TPSA) is 22.0 Å². The summed E-state index contributed by atoms with van der Waals surface area (Å²) in [7, 11) is 0. The van der Waals surface area contributed by atoms with E-state index >= 15 is 0 Å². The van der Waals surface area contributed by atoms with Gasteiger partial charge in [-0.2, -0.15) is 0 Å². The number of aryl methyl sites for hydroxylation is 1. The molecule has 0 unspecified atom stereocenters. The number of aromatic nitrogens is 1. The average molecular weight is 328 g/mol. The van der Waals surface area contributed by atoms with E-state index in [0.29, 0.717) is 0 Å². The molecule has 0 bridgehead atoms. The van der Waals surface area contributed by atoms with Gasteiger partial charge in [-0.25, -0.2) is 0 Å². The Bertz CT molecular complexity index is 774. The molecular weight excluding hydrogens is 313 g/mol. The third-order valence-corrected chi connectivity index (χ3v) is 5.49. The van der Waals surface area contributed by atoms with Crippen LogP contribution in [0.25, 0.3) is 10.9 Å². The van der Waals surface area contributed by atoms with Crippen molar-refractivity contribution in [2.45, 2.75) is 13.8 Å². The maximum atomic E-state index is 11.8. The van der Waals surface area contributed by atoms with Gasteiger partial charge in [0.1, 0.15) is 0 Å². The van der Waals surface area contributed by atoms with Gasteiger partial charge in [-0.3, -0.25) is 0 Å². The molecule has 0 aliphatic carbocycles. The van der Waals surface area contributed by atoms with E-state index < -0.39 is 0 Å². The SMILES string of the molecule is CC(=O)n1cc([Se]c2ccccc2)c2c(C)cccc21. The molecule has 0 N–H and O–H groups in total. The first-order chi connectivity index (χ1) is 9.66. The minimum atomic E-state index is 0.0655. The zero-order valence-electron chi connectivity index (χ0n) is 11.5. The Kier molecular flexibility index (Phi) is 3.47. The van der Waals surface area contributed by atoms with Crippen molar-refractivity contribution in [2.24, 2.45) is 0 Å². The molecule has 100 valence electrons. The monoisotopic (exact) mass is 329 g/mol. The fraction of sp³-hybridized carbons (Fsp3) is 0.118. The van der Waals surface area contributed by atoms with E-state index in [4.69, 9.17) is 0 Å². The van der Waals surface area contributed by atoms with Crippen LogP contribution in [0.15, 0.2) is 54.7 Å². The van der Waals surface area contributed by atoms with E-state index in [2.05, 4.69) is 37.3 Å².